The van der Waals surface area contributed by atoms with Crippen LogP contribution < -0.4 is 10.2 Å². The SMILES string of the molecule is O=C(Nc1ccc(N2CCN(Cc3ccccc3Cl)CC2)c(Cl)c1)c1ccc2ccccc2c1. The molecule has 0 spiro atoms. The van der Waals surface area contributed by atoms with Crippen LogP contribution in [0.15, 0.2) is 84.9 Å². The van der Waals surface area contributed by atoms with E-state index in [2.05, 4.69) is 21.2 Å². The first-order chi connectivity index (χ1) is 16.6. The highest BCUT2D eigenvalue weighted by Crippen LogP contribution is 2.30. The van der Waals surface area contributed by atoms with Gasteiger partial charge in [-0.2, -0.15) is 0 Å². The van der Waals surface area contributed by atoms with Crippen LogP contribution in [0.3, 0.4) is 0 Å². The minimum Gasteiger partial charge on any atom is -0.368 e. The number of rotatable bonds is 5. The van der Waals surface area contributed by atoms with Crippen molar-refractivity contribution in [2.75, 3.05) is 36.4 Å². The smallest absolute Gasteiger partial charge is 0.255 e. The number of halogens is 2. The third-order valence-electron chi connectivity index (χ3n) is 6.28. The largest absolute Gasteiger partial charge is 0.368 e. The Hall–Kier alpha value is -3.05. The number of nitrogens with zero attached hydrogens (tertiary/aromatic N) is 2. The average molecular weight is 490 g/mol. The molecule has 1 amide bonds. The van der Waals surface area contributed by atoms with E-state index < -0.39 is 0 Å². The van der Waals surface area contributed by atoms with Gasteiger partial charge in [0.05, 0.1) is 10.7 Å². The number of fused-ring (bicyclic) bond motifs is 1. The van der Waals surface area contributed by atoms with Crippen LogP contribution in [0.5, 0.6) is 0 Å². The van der Waals surface area contributed by atoms with Crippen LogP contribution in [-0.4, -0.2) is 37.0 Å². The monoisotopic (exact) mass is 489 g/mol. The summed E-state index contributed by atoms with van der Waals surface area (Å²) in [6, 6.07) is 27.4. The lowest BCUT2D eigenvalue weighted by Crippen LogP contribution is -2.46. The van der Waals surface area contributed by atoms with Crippen LogP contribution in [0.4, 0.5) is 11.4 Å². The number of hydrogen-bond acceptors (Lipinski definition) is 3. The first kappa shape index (κ1) is 22.7. The quantitative estimate of drug-likeness (QED) is 0.337. The lowest BCUT2D eigenvalue weighted by molar-refractivity contribution is 0.102. The Bertz CT molecular complexity index is 1330. The topological polar surface area (TPSA) is 35.6 Å². The van der Waals surface area contributed by atoms with Crippen LogP contribution in [0.1, 0.15) is 15.9 Å². The fourth-order valence-electron chi connectivity index (χ4n) is 4.39. The number of hydrogen-bond donors (Lipinski definition) is 1. The van der Waals surface area contributed by atoms with Crippen molar-refractivity contribution >= 4 is 51.3 Å². The molecule has 0 radical (unpaired) electrons. The van der Waals surface area contributed by atoms with Crippen LogP contribution >= 0.6 is 23.2 Å². The van der Waals surface area contributed by atoms with E-state index >= 15 is 0 Å². The molecule has 1 saturated heterocycles. The maximum atomic E-state index is 12.8. The molecule has 0 unspecified atom stereocenters. The molecule has 4 aromatic carbocycles. The van der Waals surface area contributed by atoms with Crippen molar-refractivity contribution in [3.05, 3.63) is 106 Å². The highest BCUT2D eigenvalue weighted by atomic mass is 35.5. The molecule has 1 fully saturated rings. The summed E-state index contributed by atoms with van der Waals surface area (Å²) in [5.41, 5.74) is 3.45. The van der Waals surface area contributed by atoms with E-state index in [-0.39, 0.29) is 5.91 Å². The third kappa shape index (κ3) is 5.05. The second kappa shape index (κ2) is 10.1. The highest BCUT2D eigenvalue weighted by Gasteiger charge is 2.20. The molecule has 4 aromatic rings. The van der Waals surface area contributed by atoms with Gasteiger partial charge in [0.25, 0.3) is 5.91 Å². The molecular formula is C28H25Cl2N3O. The minimum absolute atomic E-state index is 0.150. The summed E-state index contributed by atoms with van der Waals surface area (Å²) in [4.78, 5) is 17.5. The third-order valence-corrected chi connectivity index (χ3v) is 6.95. The molecule has 34 heavy (non-hydrogen) atoms. The molecule has 172 valence electrons. The maximum absolute atomic E-state index is 12.8. The van der Waals surface area contributed by atoms with Gasteiger partial charge >= 0.3 is 0 Å². The normalized spacial score (nSPS) is 14.4. The van der Waals surface area contributed by atoms with E-state index in [0.717, 1.165) is 59.8 Å². The van der Waals surface area contributed by atoms with Gasteiger partial charge in [-0.05, 0) is 52.7 Å². The zero-order valence-electron chi connectivity index (χ0n) is 18.7. The Kier molecular flexibility index (Phi) is 6.73. The number of piperazine rings is 1. The summed E-state index contributed by atoms with van der Waals surface area (Å²) in [5, 5.41) is 6.57. The molecule has 0 aromatic heterocycles. The van der Waals surface area contributed by atoms with E-state index in [4.69, 9.17) is 23.2 Å². The van der Waals surface area contributed by atoms with E-state index in [1.54, 1.807) is 0 Å². The molecular weight excluding hydrogens is 465 g/mol. The van der Waals surface area contributed by atoms with Crippen molar-refractivity contribution in [2.24, 2.45) is 0 Å². The second-order valence-corrected chi connectivity index (χ2v) is 9.35. The summed E-state index contributed by atoms with van der Waals surface area (Å²) in [5.74, 6) is -0.150. The van der Waals surface area contributed by atoms with Gasteiger partial charge in [-0.15, -0.1) is 0 Å². The van der Waals surface area contributed by atoms with Crippen LogP contribution in [0.2, 0.25) is 10.0 Å². The molecule has 0 bridgehead atoms. The zero-order valence-corrected chi connectivity index (χ0v) is 20.2. The van der Waals surface area contributed by atoms with Gasteiger partial charge < -0.3 is 10.2 Å². The number of amides is 1. The van der Waals surface area contributed by atoms with Crippen molar-refractivity contribution in [2.45, 2.75) is 6.54 Å². The Balaban J connectivity index is 1.21. The molecule has 0 atom stereocenters. The average Bonchev–Trinajstić information content (AvgIpc) is 2.86. The fraction of sp³-hybridized carbons (Fsp3) is 0.179. The van der Waals surface area contributed by atoms with Crippen molar-refractivity contribution in [3.8, 4) is 0 Å². The van der Waals surface area contributed by atoms with Gasteiger partial charge in [0.2, 0.25) is 0 Å². The molecule has 6 heteroatoms. The summed E-state index contributed by atoms with van der Waals surface area (Å²) >= 11 is 13.0. The van der Waals surface area contributed by atoms with Crippen LogP contribution in [0.25, 0.3) is 10.8 Å². The lowest BCUT2D eigenvalue weighted by atomic mass is 10.1. The first-order valence-electron chi connectivity index (χ1n) is 11.4. The number of nitrogens with one attached hydrogen (secondary N) is 1. The molecule has 4 nitrogen and oxygen atoms in total. The highest BCUT2D eigenvalue weighted by molar-refractivity contribution is 6.33. The van der Waals surface area contributed by atoms with Crippen molar-refractivity contribution in [1.82, 2.24) is 4.90 Å². The molecule has 1 aliphatic heterocycles. The molecule has 0 aliphatic carbocycles. The van der Waals surface area contributed by atoms with E-state index in [0.29, 0.717) is 16.3 Å². The fourth-order valence-corrected chi connectivity index (χ4v) is 4.88. The van der Waals surface area contributed by atoms with Gasteiger partial charge in [0, 0.05) is 49.0 Å². The van der Waals surface area contributed by atoms with Gasteiger partial charge in [-0.1, -0.05) is 71.7 Å². The lowest BCUT2D eigenvalue weighted by Gasteiger charge is -2.36. The number of carbonyl (C=O) groups is 1. The Labute approximate surface area is 209 Å². The Morgan fingerprint density at radius 3 is 2.26 bits per heavy atom. The van der Waals surface area contributed by atoms with Crippen molar-refractivity contribution in [1.29, 1.82) is 0 Å². The molecule has 1 N–H and O–H groups in total. The van der Waals surface area contributed by atoms with Gasteiger partial charge in [-0.25, -0.2) is 0 Å². The van der Waals surface area contributed by atoms with Gasteiger partial charge in [-0.3, -0.25) is 9.69 Å². The minimum atomic E-state index is -0.150. The van der Waals surface area contributed by atoms with Gasteiger partial charge in [0.15, 0.2) is 0 Å². The first-order valence-corrected chi connectivity index (χ1v) is 12.1. The summed E-state index contributed by atoms with van der Waals surface area (Å²) in [6.45, 7) is 4.48. The van der Waals surface area contributed by atoms with E-state index in [9.17, 15) is 4.79 Å². The number of benzene rings is 4. The molecule has 5 rings (SSSR count). The predicted molar refractivity (Wildman–Crippen MR) is 142 cm³/mol. The predicted octanol–water partition coefficient (Wildman–Crippen LogP) is 6.72. The number of anilines is 2. The van der Waals surface area contributed by atoms with Crippen LogP contribution in [-0.2, 0) is 6.54 Å². The van der Waals surface area contributed by atoms with Crippen molar-refractivity contribution < 1.29 is 4.79 Å². The molecule has 1 aliphatic rings. The van der Waals surface area contributed by atoms with E-state index in [1.807, 2.05) is 78.9 Å². The maximum Gasteiger partial charge on any atom is 0.255 e. The summed E-state index contributed by atoms with van der Waals surface area (Å²) in [7, 11) is 0. The Morgan fingerprint density at radius 2 is 1.50 bits per heavy atom. The summed E-state index contributed by atoms with van der Waals surface area (Å²) < 4.78 is 0. The van der Waals surface area contributed by atoms with E-state index in [1.165, 1.54) is 0 Å². The molecule has 1 heterocycles. The second-order valence-electron chi connectivity index (χ2n) is 8.54. The molecule has 0 saturated carbocycles. The van der Waals surface area contributed by atoms with Gasteiger partial charge in [0.1, 0.15) is 0 Å². The standard InChI is InChI=1S/C28H25Cl2N3O/c29-25-8-4-3-7-23(25)19-32-13-15-33(16-14-32)27-12-11-24(18-26(27)30)31-28(34)22-10-9-20-5-1-2-6-21(20)17-22/h1-12,17-18H,13-16,19H2,(H,31,34). The zero-order chi connectivity index (χ0) is 23.5. The summed E-state index contributed by atoms with van der Waals surface area (Å²) in [6.07, 6.45) is 0. The number of carbonyl (C=O) groups excluding carboxylic acids is 1. The Morgan fingerprint density at radius 1 is 0.765 bits per heavy atom. The van der Waals surface area contributed by atoms with Crippen LogP contribution in [0, 0.1) is 0 Å². The van der Waals surface area contributed by atoms with Crippen molar-refractivity contribution in [3.63, 3.8) is 0 Å².